The van der Waals surface area contributed by atoms with Gasteiger partial charge < -0.3 is 4.98 Å². The fourth-order valence-electron chi connectivity index (χ4n) is 1.63. The zero-order chi connectivity index (χ0) is 13.8. The second-order valence-electron chi connectivity index (χ2n) is 3.96. The van der Waals surface area contributed by atoms with Gasteiger partial charge in [0.15, 0.2) is 5.82 Å². The summed E-state index contributed by atoms with van der Waals surface area (Å²) in [5.74, 6) is 0.476. The van der Waals surface area contributed by atoms with E-state index in [9.17, 15) is 4.79 Å². The van der Waals surface area contributed by atoms with Gasteiger partial charge in [-0.2, -0.15) is 0 Å². The summed E-state index contributed by atoms with van der Waals surface area (Å²) in [7, 11) is 0. The van der Waals surface area contributed by atoms with Gasteiger partial charge in [-0.1, -0.05) is 35.0 Å². The van der Waals surface area contributed by atoms with Crippen LogP contribution in [0.1, 0.15) is 25.1 Å². The van der Waals surface area contributed by atoms with Crippen molar-refractivity contribution in [1.82, 2.24) is 18.7 Å². The maximum atomic E-state index is 12.0. The van der Waals surface area contributed by atoms with E-state index in [0.717, 1.165) is 16.5 Å². The Hall–Kier alpha value is -0.800. The SMILES string of the molecule is CCC(NI)c1nnc(-c2ccc(Br)cc2)[nH]c1=O. The topological polar surface area (TPSA) is 70.7 Å². The van der Waals surface area contributed by atoms with Gasteiger partial charge in [0.2, 0.25) is 0 Å². The summed E-state index contributed by atoms with van der Waals surface area (Å²) in [4.78, 5) is 14.8. The fourth-order valence-corrected chi connectivity index (χ4v) is 2.63. The molecular weight excluding hydrogens is 423 g/mol. The molecule has 2 N–H and O–H groups in total. The van der Waals surface area contributed by atoms with Crippen LogP contribution in [-0.4, -0.2) is 15.2 Å². The van der Waals surface area contributed by atoms with Crippen LogP contribution in [0, 0.1) is 0 Å². The molecule has 0 aliphatic heterocycles. The standard InChI is InChI=1S/C12H12BrIN4O/c1-2-9(16-14)10-12(19)15-11(18-17-10)7-3-5-8(13)6-4-7/h3-6,9,16H,2H2,1H3,(H,15,18,19). The minimum atomic E-state index is -0.205. The second-order valence-corrected chi connectivity index (χ2v) is 5.50. The fraction of sp³-hybridized carbons (Fsp3) is 0.250. The number of hydrogen-bond acceptors (Lipinski definition) is 4. The Labute approximate surface area is 132 Å². The van der Waals surface area contributed by atoms with Crippen LogP contribution in [-0.2, 0) is 0 Å². The normalized spacial score (nSPS) is 12.4. The molecule has 0 aliphatic carbocycles. The largest absolute Gasteiger partial charge is 0.303 e. The highest BCUT2D eigenvalue weighted by atomic mass is 127. The van der Waals surface area contributed by atoms with Crippen LogP contribution >= 0.6 is 38.8 Å². The number of rotatable bonds is 4. The van der Waals surface area contributed by atoms with Crippen molar-refractivity contribution < 1.29 is 0 Å². The molecule has 0 aliphatic rings. The van der Waals surface area contributed by atoms with E-state index in [2.05, 4.69) is 34.6 Å². The Kier molecular flexibility index (Phi) is 5.06. The minimum Gasteiger partial charge on any atom is -0.303 e. The molecule has 7 heteroatoms. The van der Waals surface area contributed by atoms with Crippen LogP contribution in [0.25, 0.3) is 11.4 Å². The summed E-state index contributed by atoms with van der Waals surface area (Å²) in [5, 5.41) is 8.14. The van der Waals surface area contributed by atoms with Crippen molar-refractivity contribution in [2.24, 2.45) is 0 Å². The third-order valence-corrected chi connectivity index (χ3v) is 3.99. The van der Waals surface area contributed by atoms with Gasteiger partial charge in [-0.05, 0) is 18.6 Å². The Morgan fingerprint density at radius 1 is 1.37 bits per heavy atom. The zero-order valence-electron chi connectivity index (χ0n) is 10.2. The first-order chi connectivity index (χ1) is 9.15. The third kappa shape index (κ3) is 3.40. The number of nitrogens with zero attached hydrogens (tertiary/aromatic N) is 2. The molecule has 0 bridgehead atoms. The molecule has 0 saturated carbocycles. The van der Waals surface area contributed by atoms with E-state index in [1.165, 1.54) is 0 Å². The molecule has 1 aromatic heterocycles. The van der Waals surface area contributed by atoms with Gasteiger partial charge >= 0.3 is 0 Å². The van der Waals surface area contributed by atoms with Crippen LogP contribution in [0.15, 0.2) is 33.5 Å². The van der Waals surface area contributed by atoms with Crippen LogP contribution in [0.3, 0.4) is 0 Å². The highest BCUT2D eigenvalue weighted by Gasteiger charge is 2.15. The number of halogens is 2. The number of nitrogens with one attached hydrogen (secondary N) is 2. The maximum absolute atomic E-state index is 12.0. The number of hydrogen-bond donors (Lipinski definition) is 2. The molecule has 0 fully saturated rings. The van der Waals surface area contributed by atoms with Gasteiger partial charge in [0.25, 0.3) is 5.56 Å². The van der Waals surface area contributed by atoms with Crippen LogP contribution in [0.2, 0.25) is 0 Å². The molecule has 1 heterocycles. The predicted molar refractivity (Wildman–Crippen MR) is 86.0 cm³/mol. The second kappa shape index (κ2) is 6.58. The van der Waals surface area contributed by atoms with Crippen molar-refractivity contribution in [3.05, 3.63) is 44.8 Å². The lowest BCUT2D eigenvalue weighted by atomic mass is 10.2. The molecule has 0 spiro atoms. The number of aromatic nitrogens is 3. The maximum Gasteiger partial charge on any atom is 0.274 e. The monoisotopic (exact) mass is 434 g/mol. The summed E-state index contributed by atoms with van der Waals surface area (Å²) >= 11 is 5.38. The van der Waals surface area contributed by atoms with E-state index in [-0.39, 0.29) is 11.6 Å². The van der Waals surface area contributed by atoms with E-state index in [1.54, 1.807) is 0 Å². The number of H-pyrrole nitrogens is 1. The first-order valence-corrected chi connectivity index (χ1v) is 7.62. The lowest BCUT2D eigenvalue weighted by Gasteiger charge is -2.10. The summed E-state index contributed by atoms with van der Waals surface area (Å²) in [6.07, 6.45) is 0.776. The Morgan fingerprint density at radius 2 is 2.05 bits per heavy atom. The minimum absolute atomic E-state index is 0.0872. The molecule has 0 saturated heterocycles. The molecule has 1 atom stereocenters. The Bertz CT molecular complexity index is 610. The van der Waals surface area contributed by atoms with Crippen LogP contribution in [0.4, 0.5) is 0 Å². The average molecular weight is 435 g/mol. The molecular formula is C12H12BrIN4O. The van der Waals surface area contributed by atoms with Gasteiger partial charge in [-0.25, -0.2) is 0 Å². The predicted octanol–water partition coefficient (Wildman–Crippen LogP) is 2.99. The summed E-state index contributed by atoms with van der Waals surface area (Å²) < 4.78 is 3.99. The highest BCUT2D eigenvalue weighted by molar-refractivity contribution is 14.1. The molecule has 5 nitrogen and oxygen atoms in total. The molecule has 1 unspecified atom stereocenters. The van der Waals surface area contributed by atoms with Gasteiger partial charge in [0, 0.05) is 32.9 Å². The van der Waals surface area contributed by atoms with Crippen molar-refractivity contribution in [1.29, 1.82) is 0 Å². The van der Waals surface area contributed by atoms with Crippen molar-refractivity contribution in [2.75, 3.05) is 0 Å². The molecule has 100 valence electrons. The zero-order valence-corrected chi connectivity index (χ0v) is 13.9. The summed E-state index contributed by atoms with van der Waals surface area (Å²) in [6, 6.07) is 7.44. The lowest BCUT2D eigenvalue weighted by Crippen LogP contribution is -2.25. The number of benzene rings is 1. The van der Waals surface area contributed by atoms with Crippen molar-refractivity contribution in [3.63, 3.8) is 0 Å². The van der Waals surface area contributed by atoms with Gasteiger partial charge in [-0.15, -0.1) is 10.2 Å². The van der Waals surface area contributed by atoms with Gasteiger partial charge in [-0.3, -0.25) is 8.32 Å². The average Bonchev–Trinajstić information content (AvgIpc) is 2.42. The third-order valence-electron chi connectivity index (χ3n) is 2.71. The van der Waals surface area contributed by atoms with Gasteiger partial charge in [0.1, 0.15) is 5.69 Å². The summed E-state index contributed by atoms with van der Waals surface area (Å²) in [6.45, 7) is 1.99. The molecule has 0 amide bonds. The van der Waals surface area contributed by atoms with Crippen molar-refractivity contribution >= 4 is 38.8 Å². The molecule has 1 aromatic carbocycles. The first kappa shape index (κ1) is 14.6. The molecule has 19 heavy (non-hydrogen) atoms. The van der Waals surface area contributed by atoms with E-state index < -0.39 is 0 Å². The van der Waals surface area contributed by atoms with Crippen molar-refractivity contribution in [3.8, 4) is 11.4 Å². The Balaban J connectivity index is 2.38. The Morgan fingerprint density at radius 3 is 2.58 bits per heavy atom. The molecule has 2 aromatic rings. The highest BCUT2D eigenvalue weighted by Crippen LogP contribution is 2.17. The molecule has 0 radical (unpaired) electrons. The quantitative estimate of drug-likeness (QED) is 0.573. The summed E-state index contributed by atoms with van der Waals surface area (Å²) in [5.41, 5.74) is 1.04. The van der Waals surface area contributed by atoms with Gasteiger partial charge in [0.05, 0.1) is 6.04 Å². The number of aromatic amines is 1. The lowest BCUT2D eigenvalue weighted by molar-refractivity contribution is 0.622. The van der Waals surface area contributed by atoms with E-state index in [0.29, 0.717) is 11.5 Å². The van der Waals surface area contributed by atoms with E-state index in [1.807, 2.05) is 54.1 Å². The molecule has 2 rings (SSSR count). The van der Waals surface area contributed by atoms with E-state index in [4.69, 9.17) is 0 Å². The van der Waals surface area contributed by atoms with Crippen molar-refractivity contribution in [2.45, 2.75) is 19.4 Å². The van der Waals surface area contributed by atoms with Crippen LogP contribution < -0.4 is 9.09 Å². The van der Waals surface area contributed by atoms with E-state index >= 15 is 0 Å². The smallest absolute Gasteiger partial charge is 0.274 e. The van der Waals surface area contributed by atoms with Crippen LogP contribution in [0.5, 0.6) is 0 Å². The first-order valence-electron chi connectivity index (χ1n) is 5.74.